The first-order valence-electron chi connectivity index (χ1n) is 8.04. The van der Waals surface area contributed by atoms with Crippen molar-refractivity contribution >= 4 is 33.4 Å². The van der Waals surface area contributed by atoms with Crippen LogP contribution in [-0.4, -0.2) is 24.5 Å². The van der Waals surface area contributed by atoms with Crippen LogP contribution in [0.1, 0.15) is 30.6 Å². The molecule has 132 valence electrons. The van der Waals surface area contributed by atoms with Crippen LogP contribution in [0, 0.1) is 0 Å². The lowest BCUT2D eigenvalue weighted by atomic mass is 10.2. The standard InChI is InChI=1S/C19H21BrN2O3/c1-13(2)25-17-9-7-16(8-10-17)22-18(23)11-12-21-19(24)14-3-5-15(20)6-4-14/h3-10,13H,11-12H2,1-2H3,(H,21,24)(H,22,23). The lowest BCUT2D eigenvalue weighted by Crippen LogP contribution is -2.27. The van der Waals surface area contributed by atoms with Crippen molar-refractivity contribution in [2.45, 2.75) is 26.4 Å². The number of carbonyl (C=O) groups excluding carboxylic acids is 2. The van der Waals surface area contributed by atoms with Gasteiger partial charge in [0.1, 0.15) is 5.75 Å². The van der Waals surface area contributed by atoms with Crippen LogP contribution in [0.15, 0.2) is 53.0 Å². The number of benzene rings is 2. The highest BCUT2D eigenvalue weighted by Crippen LogP contribution is 2.17. The van der Waals surface area contributed by atoms with Gasteiger partial charge in [0.05, 0.1) is 6.10 Å². The maximum Gasteiger partial charge on any atom is 0.251 e. The van der Waals surface area contributed by atoms with Gasteiger partial charge in [0.15, 0.2) is 0 Å². The number of anilines is 1. The van der Waals surface area contributed by atoms with Crippen LogP contribution in [0.4, 0.5) is 5.69 Å². The predicted molar refractivity (Wildman–Crippen MR) is 102 cm³/mol. The van der Waals surface area contributed by atoms with Gasteiger partial charge < -0.3 is 15.4 Å². The number of hydrogen-bond donors (Lipinski definition) is 2. The van der Waals surface area contributed by atoms with Crippen molar-refractivity contribution in [3.63, 3.8) is 0 Å². The van der Waals surface area contributed by atoms with E-state index in [2.05, 4.69) is 26.6 Å². The van der Waals surface area contributed by atoms with E-state index < -0.39 is 0 Å². The van der Waals surface area contributed by atoms with Crippen LogP contribution in [-0.2, 0) is 4.79 Å². The Morgan fingerprint density at radius 3 is 2.28 bits per heavy atom. The van der Waals surface area contributed by atoms with Crippen LogP contribution < -0.4 is 15.4 Å². The van der Waals surface area contributed by atoms with Crippen molar-refractivity contribution in [1.82, 2.24) is 5.32 Å². The van der Waals surface area contributed by atoms with Crippen LogP contribution in [0.3, 0.4) is 0 Å². The molecule has 2 N–H and O–H groups in total. The average molecular weight is 405 g/mol. The van der Waals surface area contributed by atoms with Gasteiger partial charge in [-0.25, -0.2) is 0 Å². The van der Waals surface area contributed by atoms with Crippen LogP contribution in [0.5, 0.6) is 5.75 Å². The molecule has 0 heterocycles. The molecule has 25 heavy (non-hydrogen) atoms. The molecule has 6 heteroatoms. The van der Waals surface area contributed by atoms with Gasteiger partial charge in [-0.3, -0.25) is 9.59 Å². The van der Waals surface area contributed by atoms with Crippen LogP contribution >= 0.6 is 15.9 Å². The Labute approximate surface area is 155 Å². The zero-order valence-corrected chi connectivity index (χ0v) is 15.8. The van der Waals surface area contributed by atoms with Gasteiger partial charge >= 0.3 is 0 Å². The Bertz CT molecular complexity index is 712. The second-order valence-corrected chi connectivity index (χ2v) is 6.67. The van der Waals surface area contributed by atoms with Gasteiger partial charge in [-0.2, -0.15) is 0 Å². The summed E-state index contributed by atoms with van der Waals surface area (Å²) in [5.74, 6) is 0.402. The molecule has 0 saturated heterocycles. The van der Waals surface area contributed by atoms with Crippen molar-refractivity contribution in [3.05, 3.63) is 58.6 Å². The fraction of sp³-hybridized carbons (Fsp3) is 0.263. The Kier molecular flexibility index (Phi) is 7.01. The van der Waals surface area contributed by atoms with Gasteiger partial charge in [0.25, 0.3) is 5.91 Å². The molecule has 0 aliphatic rings. The minimum absolute atomic E-state index is 0.106. The van der Waals surface area contributed by atoms with Crippen LogP contribution in [0.2, 0.25) is 0 Å². The number of ether oxygens (including phenoxy) is 1. The molecular formula is C19H21BrN2O3. The number of rotatable bonds is 7. The fourth-order valence-corrected chi connectivity index (χ4v) is 2.37. The van der Waals surface area contributed by atoms with E-state index in [1.165, 1.54) is 0 Å². The largest absolute Gasteiger partial charge is 0.491 e. The molecule has 0 aliphatic carbocycles. The lowest BCUT2D eigenvalue weighted by Gasteiger charge is -2.11. The first-order chi connectivity index (χ1) is 11.9. The molecule has 0 fully saturated rings. The van der Waals surface area contributed by atoms with Gasteiger partial charge in [0.2, 0.25) is 5.91 Å². The van der Waals surface area contributed by atoms with Gasteiger partial charge in [0, 0.05) is 28.7 Å². The molecule has 2 rings (SSSR count). The first kappa shape index (κ1) is 19.0. The van der Waals surface area contributed by atoms with Gasteiger partial charge in [-0.05, 0) is 62.4 Å². The molecule has 2 aromatic carbocycles. The zero-order chi connectivity index (χ0) is 18.2. The van der Waals surface area contributed by atoms with E-state index in [1.54, 1.807) is 36.4 Å². The van der Waals surface area contributed by atoms with E-state index in [0.29, 0.717) is 11.3 Å². The molecule has 0 spiro atoms. The zero-order valence-electron chi connectivity index (χ0n) is 14.2. The Balaban J connectivity index is 1.75. The summed E-state index contributed by atoms with van der Waals surface area (Å²) >= 11 is 3.32. The van der Waals surface area contributed by atoms with E-state index in [1.807, 2.05) is 26.0 Å². The first-order valence-corrected chi connectivity index (χ1v) is 8.83. The maximum absolute atomic E-state index is 11.9. The maximum atomic E-state index is 11.9. The lowest BCUT2D eigenvalue weighted by molar-refractivity contribution is -0.116. The van der Waals surface area contributed by atoms with Crippen molar-refractivity contribution < 1.29 is 14.3 Å². The Morgan fingerprint density at radius 1 is 1.04 bits per heavy atom. The molecular weight excluding hydrogens is 384 g/mol. The third-order valence-corrected chi connectivity index (χ3v) is 3.78. The van der Waals surface area contributed by atoms with E-state index in [9.17, 15) is 9.59 Å². The minimum atomic E-state index is -0.199. The average Bonchev–Trinajstić information content (AvgIpc) is 2.56. The molecule has 0 radical (unpaired) electrons. The third-order valence-electron chi connectivity index (χ3n) is 3.25. The quantitative estimate of drug-likeness (QED) is 0.732. The summed E-state index contributed by atoms with van der Waals surface area (Å²) in [5.41, 5.74) is 1.25. The molecule has 0 unspecified atom stereocenters. The second kappa shape index (κ2) is 9.22. The summed E-state index contributed by atoms with van der Waals surface area (Å²) in [4.78, 5) is 23.9. The number of halogens is 1. The Hall–Kier alpha value is -2.34. The molecule has 5 nitrogen and oxygen atoms in total. The summed E-state index contributed by atoms with van der Waals surface area (Å²) in [6, 6.07) is 14.2. The highest BCUT2D eigenvalue weighted by Gasteiger charge is 2.07. The minimum Gasteiger partial charge on any atom is -0.491 e. The predicted octanol–water partition coefficient (Wildman–Crippen LogP) is 3.99. The van der Waals surface area contributed by atoms with E-state index in [4.69, 9.17) is 4.74 Å². The number of nitrogens with one attached hydrogen (secondary N) is 2. The second-order valence-electron chi connectivity index (χ2n) is 5.75. The topological polar surface area (TPSA) is 67.4 Å². The van der Waals surface area contributed by atoms with Gasteiger partial charge in [-0.1, -0.05) is 15.9 Å². The van der Waals surface area contributed by atoms with Crippen molar-refractivity contribution in [2.75, 3.05) is 11.9 Å². The summed E-state index contributed by atoms with van der Waals surface area (Å²) in [6.07, 6.45) is 0.307. The van der Waals surface area contributed by atoms with E-state index in [0.717, 1.165) is 10.2 Å². The molecule has 0 aliphatic heterocycles. The van der Waals surface area contributed by atoms with Crippen molar-refractivity contribution in [1.29, 1.82) is 0 Å². The fourth-order valence-electron chi connectivity index (χ4n) is 2.11. The smallest absolute Gasteiger partial charge is 0.251 e. The van der Waals surface area contributed by atoms with E-state index in [-0.39, 0.29) is 30.9 Å². The van der Waals surface area contributed by atoms with Crippen molar-refractivity contribution in [2.24, 2.45) is 0 Å². The molecule has 2 amide bonds. The molecule has 0 atom stereocenters. The summed E-state index contributed by atoms with van der Waals surface area (Å²) < 4.78 is 6.46. The number of hydrogen-bond acceptors (Lipinski definition) is 3. The molecule has 0 saturated carbocycles. The number of amides is 2. The molecule has 0 bridgehead atoms. The number of carbonyl (C=O) groups is 2. The van der Waals surface area contributed by atoms with E-state index >= 15 is 0 Å². The summed E-state index contributed by atoms with van der Waals surface area (Å²) in [6.45, 7) is 4.19. The molecule has 2 aromatic rings. The Morgan fingerprint density at radius 2 is 1.68 bits per heavy atom. The summed E-state index contributed by atoms with van der Waals surface area (Å²) in [7, 11) is 0. The normalized spacial score (nSPS) is 10.4. The third kappa shape index (κ3) is 6.58. The molecule has 0 aromatic heterocycles. The van der Waals surface area contributed by atoms with Gasteiger partial charge in [-0.15, -0.1) is 0 Å². The van der Waals surface area contributed by atoms with Crippen LogP contribution in [0.25, 0.3) is 0 Å². The summed E-state index contributed by atoms with van der Waals surface area (Å²) in [5, 5.41) is 5.52. The monoisotopic (exact) mass is 404 g/mol. The highest BCUT2D eigenvalue weighted by atomic mass is 79.9. The SMILES string of the molecule is CC(C)Oc1ccc(NC(=O)CCNC(=O)c2ccc(Br)cc2)cc1. The van der Waals surface area contributed by atoms with Crippen molar-refractivity contribution in [3.8, 4) is 5.75 Å². The highest BCUT2D eigenvalue weighted by molar-refractivity contribution is 9.10.